The van der Waals surface area contributed by atoms with Gasteiger partial charge in [0.05, 0.1) is 18.3 Å². The minimum atomic E-state index is -1.64. The van der Waals surface area contributed by atoms with E-state index in [1.165, 1.54) is 11.8 Å². The van der Waals surface area contributed by atoms with Crippen LogP contribution < -0.4 is 0 Å². The van der Waals surface area contributed by atoms with Crippen LogP contribution in [0.4, 0.5) is 0 Å². The highest BCUT2D eigenvalue weighted by atomic mass is 32.2. The fraction of sp³-hybridized carbons (Fsp3) is 0.667. The Hall–Kier alpha value is -2.47. The number of rotatable bonds is 9. The van der Waals surface area contributed by atoms with Crippen molar-refractivity contribution >= 4 is 35.6 Å². The Morgan fingerprint density at radius 1 is 1.17 bits per heavy atom. The van der Waals surface area contributed by atoms with Gasteiger partial charge in [-0.05, 0) is 24.7 Å². The lowest BCUT2D eigenvalue weighted by atomic mass is 9.79. The minimum Gasteiger partial charge on any atom is -0.505 e. The minimum absolute atomic E-state index is 0.0256. The first-order chi connectivity index (χ1) is 14.1. The summed E-state index contributed by atoms with van der Waals surface area (Å²) in [5, 5.41) is 47.2. The molecule has 5 N–H and O–H groups in total. The Balaban J connectivity index is 1.58. The van der Waals surface area contributed by atoms with Gasteiger partial charge in [0.2, 0.25) is 5.76 Å². The van der Waals surface area contributed by atoms with Crippen LogP contribution in [0.2, 0.25) is 0 Å². The van der Waals surface area contributed by atoms with Crippen LogP contribution in [0.5, 0.6) is 0 Å². The highest BCUT2D eigenvalue weighted by Gasteiger charge is 2.58. The molecule has 0 saturated heterocycles. The third-order valence-electron chi connectivity index (χ3n) is 5.83. The van der Waals surface area contributed by atoms with Gasteiger partial charge in [-0.1, -0.05) is 0 Å². The van der Waals surface area contributed by atoms with Gasteiger partial charge >= 0.3 is 23.9 Å². The zero-order chi connectivity index (χ0) is 22.2. The summed E-state index contributed by atoms with van der Waals surface area (Å²) >= 11 is 1.40. The van der Waals surface area contributed by atoms with E-state index in [9.17, 15) is 39.6 Å². The van der Waals surface area contributed by atoms with Gasteiger partial charge in [0.25, 0.3) is 0 Å². The summed E-state index contributed by atoms with van der Waals surface area (Å²) in [7, 11) is 0. The van der Waals surface area contributed by atoms with Crippen LogP contribution in [0, 0.1) is 23.7 Å². The number of cyclic esters (lactones) is 1. The summed E-state index contributed by atoms with van der Waals surface area (Å²) in [6, 6.07) is 0. The zero-order valence-electron chi connectivity index (χ0n) is 15.7. The van der Waals surface area contributed by atoms with E-state index in [0.29, 0.717) is 18.6 Å². The molecule has 12 heteroatoms. The number of thioether (sulfide) groups is 1. The maximum absolute atomic E-state index is 12.6. The lowest BCUT2D eigenvalue weighted by Crippen LogP contribution is -2.41. The maximum atomic E-state index is 12.6. The summed E-state index contributed by atoms with van der Waals surface area (Å²) in [5.74, 6) is -8.01. The van der Waals surface area contributed by atoms with Crippen molar-refractivity contribution in [2.45, 2.75) is 36.7 Å². The first-order valence-electron chi connectivity index (χ1n) is 9.35. The largest absolute Gasteiger partial charge is 0.505 e. The van der Waals surface area contributed by atoms with Crippen LogP contribution in [0.15, 0.2) is 11.5 Å². The number of carbonyl (C=O) groups excluding carboxylic acids is 2. The van der Waals surface area contributed by atoms with Crippen LogP contribution in [-0.2, 0) is 28.7 Å². The molecule has 2 aliphatic carbocycles. The molecule has 3 aliphatic rings. The van der Waals surface area contributed by atoms with E-state index in [1.54, 1.807) is 0 Å². The first-order valence-corrected chi connectivity index (χ1v) is 10.4. The summed E-state index contributed by atoms with van der Waals surface area (Å²) in [6.07, 6.45) is -2.15. The van der Waals surface area contributed by atoms with E-state index in [0.717, 1.165) is 0 Å². The van der Waals surface area contributed by atoms with Crippen molar-refractivity contribution in [3.05, 3.63) is 11.5 Å². The van der Waals surface area contributed by atoms with E-state index < -0.39 is 66.0 Å². The molecule has 1 heterocycles. The third kappa shape index (κ3) is 4.19. The van der Waals surface area contributed by atoms with Crippen molar-refractivity contribution in [3.63, 3.8) is 0 Å². The Morgan fingerprint density at radius 3 is 2.43 bits per heavy atom. The van der Waals surface area contributed by atoms with Crippen molar-refractivity contribution in [2.75, 3.05) is 12.4 Å². The standard InChI is InChI=1S/C18H22O11S/c19-8(15-13(22)14(23)18(27)29-15)5-28-17(26)11-6-3-7(12(11)16(24)25)9(4-6)30-2-1-10(20)21/h6-9,11-12,15,19,22-23H,1-5H2,(H,20,21)(H,24,25)/t6?,7?,8-,9?,11?,12?,15+/m0/s1. The molecule has 7 atom stereocenters. The van der Waals surface area contributed by atoms with Crippen LogP contribution >= 0.6 is 11.8 Å². The molecule has 0 amide bonds. The summed E-state index contributed by atoms with van der Waals surface area (Å²) in [4.78, 5) is 46.3. The molecule has 5 unspecified atom stereocenters. The SMILES string of the molecule is O=C(O)CCSC1CC2CC1C(C(=O)O)C2C(=O)OC[C@H](O)[C@H]1OC(=O)C(O)=C1O. The molecular weight excluding hydrogens is 424 g/mol. The summed E-state index contributed by atoms with van der Waals surface area (Å²) < 4.78 is 9.65. The Morgan fingerprint density at radius 2 is 1.87 bits per heavy atom. The van der Waals surface area contributed by atoms with Crippen molar-refractivity contribution in [1.29, 1.82) is 0 Å². The Kier molecular flexibility index (Phi) is 6.46. The molecule has 30 heavy (non-hydrogen) atoms. The second kappa shape index (κ2) is 8.72. The molecule has 2 fully saturated rings. The fourth-order valence-corrected chi connectivity index (χ4v) is 6.05. The van der Waals surface area contributed by atoms with Gasteiger partial charge < -0.3 is 35.0 Å². The van der Waals surface area contributed by atoms with E-state index in [2.05, 4.69) is 4.74 Å². The first kappa shape index (κ1) is 22.2. The number of aliphatic hydroxyl groups excluding tert-OH is 3. The van der Waals surface area contributed by atoms with Gasteiger partial charge in [-0.2, -0.15) is 11.8 Å². The van der Waals surface area contributed by atoms with Crippen LogP contribution in [0.25, 0.3) is 0 Å². The summed E-state index contributed by atoms with van der Waals surface area (Å²) in [5.41, 5.74) is 0. The van der Waals surface area contributed by atoms with Crippen LogP contribution in [0.1, 0.15) is 19.3 Å². The van der Waals surface area contributed by atoms with Crippen LogP contribution in [-0.4, -0.2) is 79.2 Å². The van der Waals surface area contributed by atoms with Crippen molar-refractivity contribution in [2.24, 2.45) is 23.7 Å². The molecule has 0 aromatic heterocycles. The monoisotopic (exact) mass is 446 g/mol. The van der Waals surface area contributed by atoms with Crippen LogP contribution in [0.3, 0.4) is 0 Å². The average Bonchev–Trinajstić information content (AvgIpc) is 3.33. The molecule has 1 aliphatic heterocycles. The van der Waals surface area contributed by atoms with Gasteiger partial charge in [-0.3, -0.25) is 14.4 Å². The van der Waals surface area contributed by atoms with E-state index >= 15 is 0 Å². The smallest absolute Gasteiger partial charge is 0.377 e. The van der Waals surface area contributed by atoms with E-state index in [-0.39, 0.29) is 23.5 Å². The van der Waals surface area contributed by atoms with Gasteiger partial charge in [-0.15, -0.1) is 0 Å². The van der Waals surface area contributed by atoms with Gasteiger partial charge in [0.1, 0.15) is 12.7 Å². The Labute approximate surface area is 174 Å². The number of fused-ring (bicyclic) bond motifs is 2. The van der Waals surface area contributed by atoms with Crippen molar-refractivity contribution < 1.29 is 54.2 Å². The lowest BCUT2D eigenvalue weighted by Gasteiger charge is -2.32. The number of hydrogen-bond donors (Lipinski definition) is 5. The number of carboxylic acid groups (broad SMARTS) is 2. The lowest BCUT2D eigenvalue weighted by molar-refractivity contribution is -0.165. The van der Waals surface area contributed by atoms with Gasteiger partial charge in [0.15, 0.2) is 11.9 Å². The predicted molar refractivity (Wildman–Crippen MR) is 98.5 cm³/mol. The van der Waals surface area contributed by atoms with Crippen molar-refractivity contribution in [3.8, 4) is 0 Å². The highest BCUT2D eigenvalue weighted by molar-refractivity contribution is 7.99. The third-order valence-corrected chi connectivity index (χ3v) is 7.24. The molecular formula is C18H22O11S. The number of carbonyl (C=O) groups is 4. The molecule has 0 aromatic carbocycles. The number of aliphatic hydroxyl groups is 3. The molecule has 3 rings (SSSR count). The number of esters is 2. The van der Waals surface area contributed by atoms with Crippen molar-refractivity contribution in [1.82, 2.24) is 0 Å². The van der Waals surface area contributed by atoms with Gasteiger partial charge in [0, 0.05) is 11.0 Å². The van der Waals surface area contributed by atoms with Gasteiger partial charge in [-0.25, -0.2) is 4.79 Å². The van der Waals surface area contributed by atoms with E-state index in [4.69, 9.17) is 9.84 Å². The van der Waals surface area contributed by atoms with E-state index in [1.807, 2.05) is 0 Å². The number of hydrogen-bond acceptors (Lipinski definition) is 10. The number of aliphatic carboxylic acids is 2. The number of carboxylic acids is 2. The molecule has 0 aromatic rings. The average molecular weight is 446 g/mol. The summed E-state index contributed by atoms with van der Waals surface area (Å²) in [6.45, 7) is -0.662. The highest BCUT2D eigenvalue weighted by Crippen LogP contribution is 2.56. The second-order valence-corrected chi connectivity index (χ2v) is 8.94. The number of ether oxygens (including phenoxy) is 2. The molecule has 166 valence electrons. The second-order valence-electron chi connectivity index (χ2n) is 7.60. The predicted octanol–water partition coefficient (Wildman–Crippen LogP) is 0.0768. The quantitative estimate of drug-likeness (QED) is 0.300. The molecule has 11 nitrogen and oxygen atoms in total. The maximum Gasteiger partial charge on any atom is 0.377 e. The fourth-order valence-electron chi connectivity index (χ4n) is 4.54. The molecule has 2 saturated carbocycles. The zero-order valence-corrected chi connectivity index (χ0v) is 16.5. The molecule has 2 bridgehead atoms. The molecule has 0 spiro atoms. The topological polar surface area (TPSA) is 188 Å². The normalized spacial score (nSPS) is 33.4. The Bertz CT molecular complexity index is 778. The molecule has 0 radical (unpaired) electrons.